The van der Waals surface area contributed by atoms with E-state index < -0.39 is 24.4 Å². The van der Waals surface area contributed by atoms with Gasteiger partial charge in [0.25, 0.3) is 0 Å². The fourth-order valence-electron chi connectivity index (χ4n) is 6.78. The van der Waals surface area contributed by atoms with Gasteiger partial charge in [0.15, 0.2) is 0 Å². The zero-order valence-electron chi connectivity index (χ0n) is 28.5. The summed E-state index contributed by atoms with van der Waals surface area (Å²) in [6.45, 7) is 9.83. The molecule has 0 N–H and O–H groups in total. The summed E-state index contributed by atoms with van der Waals surface area (Å²) < 4.78 is 11.1. The van der Waals surface area contributed by atoms with E-state index in [1.54, 1.807) is 8.49 Å². The van der Waals surface area contributed by atoms with Gasteiger partial charge < -0.3 is 0 Å². The van der Waals surface area contributed by atoms with Crippen LogP contribution in [0.5, 0.6) is 0 Å². The Morgan fingerprint density at radius 2 is 1.23 bits per heavy atom. The molecule has 0 radical (unpaired) electrons. The molecule has 0 unspecified atom stereocenters. The Balaban J connectivity index is 2.18. The summed E-state index contributed by atoms with van der Waals surface area (Å²) >= 11 is -2.79. The average Bonchev–Trinajstić information content (AvgIpc) is 3.39. The second-order valence-electron chi connectivity index (χ2n) is 13.2. The molecule has 1 amide bonds. The molecule has 1 fully saturated rings. The molecule has 5 heteroatoms. The first-order chi connectivity index (χ1) is 21.0. The average molecular weight is 703 g/mol. The van der Waals surface area contributed by atoms with Gasteiger partial charge in [-0.2, -0.15) is 0 Å². The van der Waals surface area contributed by atoms with Crippen molar-refractivity contribution >= 4 is 30.3 Å². The van der Waals surface area contributed by atoms with E-state index in [0.717, 1.165) is 12.0 Å². The van der Waals surface area contributed by atoms with Crippen molar-refractivity contribution in [3.8, 4) is 0 Å². The van der Waals surface area contributed by atoms with Crippen LogP contribution in [-0.4, -0.2) is 47.8 Å². The molecular weight excluding hydrogens is 637 g/mol. The van der Waals surface area contributed by atoms with Crippen molar-refractivity contribution in [1.29, 1.82) is 0 Å². The van der Waals surface area contributed by atoms with Crippen molar-refractivity contribution in [1.82, 2.24) is 4.90 Å². The van der Waals surface area contributed by atoms with Crippen LogP contribution in [-0.2, 0) is 16.1 Å². The molecule has 1 saturated heterocycles. The number of cyclic esters (lactones) is 1. The number of ether oxygens (including phenoxy) is 1. The van der Waals surface area contributed by atoms with Gasteiger partial charge in [-0.05, 0) is 0 Å². The van der Waals surface area contributed by atoms with Crippen LogP contribution in [0.1, 0.15) is 149 Å². The molecule has 0 spiro atoms. The fourth-order valence-corrected chi connectivity index (χ4v) is 23.8. The topological polar surface area (TPSA) is 46.6 Å². The van der Waals surface area contributed by atoms with Crippen LogP contribution < -0.4 is 0 Å². The minimum absolute atomic E-state index is 0.102. The van der Waals surface area contributed by atoms with Crippen molar-refractivity contribution in [2.45, 2.75) is 169 Å². The number of benzene rings is 1. The number of hydrogen-bond acceptors (Lipinski definition) is 3. The Kier molecular flexibility index (Phi) is 20.3. The molecule has 1 aliphatic rings. The first-order valence-electron chi connectivity index (χ1n) is 18.2. The van der Waals surface area contributed by atoms with Gasteiger partial charge in [-0.15, -0.1) is 0 Å². The van der Waals surface area contributed by atoms with Crippen molar-refractivity contribution in [2.24, 2.45) is 0 Å². The van der Waals surface area contributed by atoms with Gasteiger partial charge in [0.2, 0.25) is 0 Å². The molecule has 0 aliphatic carbocycles. The van der Waals surface area contributed by atoms with E-state index in [1.807, 2.05) is 30.3 Å². The van der Waals surface area contributed by atoms with Crippen molar-refractivity contribution < 1.29 is 14.3 Å². The second-order valence-corrected chi connectivity index (χ2v) is 26.6. The van der Waals surface area contributed by atoms with Gasteiger partial charge in [-0.3, -0.25) is 0 Å². The molecule has 2 rings (SSSR count). The molecule has 1 aliphatic heterocycles. The molecule has 1 aromatic rings. The van der Waals surface area contributed by atoms with Gasteiger partial charge >= 0.3 is 257 Å². The SMILES string of the molecule is CCCCCCCCCCCCC/[C](=C\C(=O)[C@H]1COC(=O)N1Cc1ccccc1)[Sn]([CH2]CCC)([CH2]CCC)[CH2]CCC. The van der Waals surface area contributed by atoms with Gasteiger partial charge in [0, 0.05) is 0 Å². The number of carbonyl (C=O) groups excluding carboxylic acids is 2. The van der Waals surface area contributed by atoms with Crippen LogP contribution in [0.25, 0.3) is 0 Å². The summed E-state index contributed by atoms with van der Waals surface area (Å²) in [6, 6.07) is 9.47. The molecular formula is C38H65NO3Sn. The van der Waals surface area contributed by atoms with Crippen LogP contribution in [0, 0.1) is 0 Å². The Morgan fingerprint density at radius 3 is 1.74 bits per heavy atom. The van der Waals surface area contributed by atoms with E-state index in [2.05, 4.69) is 33.8 Å². The summed E-state index contributed by atoms with van der Waals surface area (Å²) in [6.07, 6.45) is 25.2. The standard InChI is InChI=1S/C26H38NO3.3C4H9.Sn/c1-2-3-4-5-6-7-8-9-10-11-12-13-17-20-25(28)24-22-30-26(29)27(24)21-23-18-15-14-16-19-23;3*1-3-4-2;/h14-16,18-20,24H,2-13,21-22H2,1H3;3*1,3-4H2,2H3;/t24-;;;;/m1..../s1. The number of nitrogens with zero attached hydrogens (tertiary/aromatic N) is 1. The molecule has 4 nitrogen and oxygen atoms in total. The van der Waals surface area contributed by atoms with Crippen LogP contribution in [0.15, 0.2) is 40.0 Å². The normalized spacial score (nSPS) is 15.7. The van der Waals surface area contributed by atoms with E-state index in [0.29, 0.717) is 6.54 Å². The summed E-state index contributed by atoms with van der Waals surface area (Å²) in [5.74, 6) is 0.102. The molecule has 244 valence electrons. The summed E-state index contributed by atoms with van der Waals surface area (Å²) in [4.78, 5) is 28.4. The third-order valence-electron chi connectivity index (χ3n) is 9.57. The van der Waals surface area contributed by atoms with E-state index >= 15 is 0 Å². The van der Waals surface area contributed by atoms with Crippen LogP contribution in [0.4, 0.5) is 4.79 Å². The number of allylic oxidation sites excluding steroid dienone is 1. The fraction of sp³-hybridized carbons (Fsp3) is 0.737. The number of hydrogen-bond donors (Lipinski definition) is 0. The zero-order valence-corrected chi connectivity index (χ0v) is 31.3. The zero-order chi connectivity index (χ0) is 31.2. The molecule has 43 heavy (non-hydrogen) atoms. The van der Waals surface area contributed by atoms with Crippen LogP contribution in [0.3, 0.4) is 0 Å². The number of rotatable bonds is 26. The predicted octanol–water partition coefficient (Wildman–Crippen LogP) is 11.6. The number of ketones is 1. The maximum absolute atomic E-state index is 14.1. The maximum atomic E-state index is 14.1. The predicted molar refractivity (Wildman–Crippen MR) is 186 cm³/mol. The number of amides is 1. The minimum atomic E-state index is -2.79. The monoisotopic (exact) mass is 703 g/mol. The summed E-state index contributed by atoms with van der Waals surface area (Å²) in [7, 11) is 0. The first-order valence-corrected chi connectivity index (χ1v) is 25.7. The number of unbranched alkanes of at least 4 members (excludes halogenated alkanes) is 13. The summed E-state index contributed by atoms with van der Waals surface area (Å²) in [5.41, 5.74) is 1.03. The Hall–Kier alpha value is -1.30. The van der Waals surface area contributed by atoms with E-state index in [4.69, 9.17) is 4.74 Å². The Labute approximate surface area is 269 Å². The second kappa shape index (κ2) is 23.1. The third kappa shape index (κ3) is 14.1. The van der Waals surface area contributed by atoms with Crippen molar-refractivity contribution in [3.05, 3.63) is 45.6 Å². The quantitative estimate of drug-likeness (QED) is 0.0548. The van der Waals surface area contributed by atoms with E-state index in [-0.39, 0.29) is 18.5 Å². The van der Waals surface area contributed by atoms with Crippen LogP contribution in [0.2, 0.25) is 13.3 Å². The molecule has 1 heterocycles. The Morgan fingerprint density at radius 1 is 0.744 bits per heavy atom. The van der Waals surface area contributed by atoms with Gasteiger partial charge in [0.05, 0.1) is 0 Å². The van der Waals surface area contributed by atoms with Gasteiger partial charge in [0.1, 0.15) is 0 Å². The van der Waals surface area contributed by atoms with Gasteiger partial charge in [-0.1, -0.05) is 13.3 Å². The van der Waals surface area contributed by atoms with Gasteiger partial charge in [-0.25, -0.2) is 0 Å². The first kappa shape index (κ1) is 37.9. The summed E-state index contributed by atoms with van der Waals surface area (Å²) in [5, 5.41) is 0. The molecule has 1 aromatic carbocycles. The molecule has 0 bridgehead atoms. The molecule has 0 saturated carbocycles. The number of carbonyl (C=O) groups is 2. The molecule has 0 aromatic heterocycles. The van der Waals surface area contributed by atoms with Crippen LogP contribution >= 0.6 is 0 Å². The van der Waals surface area contributed by atoms with E-state index in [9.17, 15) is 9.59 Å². The Bertz CT molecular complexity index is 893. The molecule has 1 atom stereocenters. The third-order valence-corrected chi connectivity index (χ3v) is 25.8. The van der Waals surface area contributed by atoms with E-state index in [1.165, 1.54) is 122 Å². The van der Waals surface area contributed by atoms with Crippen molar-refractivity contribution in [2.75, 3.05) is 6.61 Å². The van der Waals surface area contributed by atoms with Crippen molar-refractivity contribution in [3.63, 3.8) is 0 Å².